The average molecular weight is 467 g/mol. The van der Waals surface area contributed by atoms with Crippen LogP contribution in [0.3, 0.4) is 0 Å². The van der Waals surface area contributed by atoms with Crippen molar-refractivity contribution in [1.82, 2.24) is 9.78 Å². The lowest BCUT2D eigenvalue weighted by atomic mass is 10.2. The smallest absolute Gasteiger partial charge is 0.343 e. The van der Waals surface area contributed by atoms with Crippen LogP contribution in [0, 0.1) is 6.92 Å². The predicted molar refractivity (Wildman–Crippen MR) is 117 cm³/mol. The Balaban J connectivity index is 1.70. The maximum Gasteiger partial charge on any atom is 0.343 e. The van der Waals surface area contributed by atoms with Gasteiger partial charge in [-0.15, -0.1) is 0 Å². The van der Waals surface area contributed by atoms with E-state index in [0.717, 1.165) is 5.56 Å². The number of esters is 1. The van der Waals surface area contributed by atoms with Crippen LogP contribution in [0.1, 0.15) is 28.5 Å². The normalized spacial score (nSPS) is 11.8. The third-order valence-electron chi connectivity index (χ3n) is 4.28. The highest BCUT2D eigenvalue weighted by atomic mass is 35.5. The quantitative estimate of drug-likeness (QED) is 0.495. The molecular formula is C21H18Cl3N3O3. The Kier molecular flexibility index (Phi) is 7.02. The lowest BCUT2D eigenvalue weighted by Crippen LogP contribution is -2.30. The van der Waals surface area contributed by atoms with Gasteiger partial charge in [0.25, 0.3) is 5.91 Å². The molecule has 0 fully saturated rings. The SMILES string of the molecule is Cc1nn(Cc2ccccc2)c(Cl)c1C(=O)OC(C)C(=O)Nc1cc(Cl)ccc1Cl. The summed E-state index contributed by atoms with van der Waals surface area (Å²) in [4.78, 5) is 25.1. The summed E-state index contributed by atoms with van der Waals surface area (Å²) >= 11 is 18.3. The van der Waals surface area contributed by atoms with Crippen molar-refractivity contribution in [3.8, 4) is 0 Å². The minimum atomic E-state index is -1.10. The maximum absolute atomic E-state index is 12.7. The Labute approximate surface area is 188 Å². The third-order valence-corrected chi connectivity index (χ3v) is 5.23. The Bertz CT molecular complexity index is 1080. The van der Waals surface area contributed by atoms with Gasteiger partial charge in [-0.2, -0.15) is 5.10 Å². The number of hydrogen-bond acceptors (Lipinski definition) is 4. The predicted octanol–water partition coefficient (Wildman–Crippen LogP) is 5.38. The summed E-state index contributed by atoms with van der Waals surface area (Å²) in [5, 5.41) is 7.77. The number of carbonyl (C=O) groups excluding carboxylic acids is 2. The van der Waals surface area contributed by atoms with Crippen LogP contribution >= 0.6 is 34.8 Å². The first kappa shape index (κ1) is 22.2. The van der Waals surface area contributed by atoms with Gasteiger partial charge in [0.05, 0.1) is 22.9 Å². The van der Waals surface area contributed by atoms with E-state index in [9.17, 15) is 9.59 Å². The number of carbonyl (C=O) groups is 2. The molecule has 0 saturated carbocycles. The number of hydrogen-bond donors (Lipinski definition) is 1. The number of ether oxygens (including phenoxy) is 1. The monoisotopic (exact) mass is 465 g/mol. The first-order chi connectivity index (χ1) is 14.3. The van der Waals surface area contributed by atoms with Crippen LogP contribution < -0.4 is 5.32 Å². The molecule has 0 aliphatic rings. The highest BCUT2D eigenvalue weighted by Gasteiger charge is 2.26. The number of aryl methyl sites for hydroxylation is 1. The minimum absolute atomic E-state index is 0.119. The summed E-state index contributed by atoms with van der Waals surface area (Å²) in [5.74, 6) is -1.30. The molecule has 0 aliphatic heterocycles. The van der Waals surface area contributed by atoms with Crippen LogP contribution in [-0.4, -0.2) is 27.8 Å². The molecule has 0 radical (unpaired) electrons. The van der Waals surface area contributed by atoms with Crippen molar-refractivity contribution in [1.29, 1.82) is 0 Å². The summed E-state index contributed by atoms with van der Waals surface area (Å²) in [5.41, 5.74) is 1.83. The zero-order valence-electron chi connectivity index (χ0n) is 16.2. The first-order valence-corrected chi connectivity index (χ1v) is 10.1. The number of amides is 1. The molecule has 0 bridgehead atoms. The lowest BCUT2D eigenvalue weighted by Gasteiger charge is -2.14. The number of aromatic nitrogens is 2. The fourth-order valence-corrected chi connectivity index (χ4v) is 3.40. The van der Waals surface area contributed by atoms with E-state index in [4.69, 9.17) is 39.5 Å². The second kappa shape index (κ2) is 9.51. The molecular weight excluding hydrogens is 449 g/mol. The van der Waals surface area contributed by atoms with Crippen molar-refractivity contribution >= 4 is 52.4 Å². The summed E-state index contributed by atoms with van der Waals surface area (Å²) in [6.07, 6.45) is -1.10. The van der Waals surface area contributed by atoms with Crippen molar-refractivity contribution < 1.29 is 14.3 Å². The second-order valence-corrected chi connectivity index (χ2v) is 7.76. The number of rotatable bonds is 6. The number of nitrogens with one attached hydrogen (secondary N) is 1. The highest BCUT2D eigenvalue weighted by Crippen LogP contribution is 2.26. The van der Waals surface area contributed by atoms with Crippen molar-refractivity contribution in [3.05, 3.63) is 80.6 Å². The van der Waals surface area contributed by atoms with E-state index >= 15 is 0 Å². The second-order valence-electron chi connectivity index (χ2n) is 6.56. The largest absolute Gasteiger partial charge is 0.449 e. The van der Waals surface area contributed by atoms with E-state index in [1.165, 1.54) is 17.7 Å². The molecule has 1 N–H and O–H groups in total. The Hall–Kier alpha value is -2.54. The molecule has 1 unspecified atom stereocenters. The molecule has 3 rings (SSSR count). The lowest BCUT2D eigenvalue weighted by molar-refractivity contribution is -0.123. The van der Waals surface area contributed by atoms with Crippen molar-refractivity contribution in [2.24, 2.45) is 0 Å². The fraction of sp³-hybridized carbons (Fsp3) is 0.190. The van der Waals surface area contributed by atoms with E-state index in [1.54, 1.807) is 19.1 Å². The molecule has 1 amide bonds. The van der Waals surface area contributed by atoms with Crippen LogP contribution in [0.2, 0.25) is 15.2 Å². The Morgan fingerprint density at radius 3 is 2.53 bits per heavy atom. The summed E-state index contributed by atoms with van der Waals surface area (Å²) in [6.45, 7) is 3.50. The van der Waals surface area contributed by atoms with Crippen LogP contribution in [0.15, 0.2) is 48.5 Å². The highest BCUT2D eigenvalue weighted by molar-refractivity contribution is 6.35. The molecule has 1 atom stereocenters. The van der Waals surface area contributed by atoms with E-state index < -0.39 is 18.0 Å². The summed E-state index contributed by atoms with van der Waals surface area (Å²) in [6, 6.07) is 14.2. The zero-order chi connectivity index (χ0) is 21.8. The first-order valence-electron chi connectivity index (χ1n) is 9.00. The zero-order valence-corrected chi connectivity index (χ0v) is 18.4. The van der Waals surface area contributed by atoms with E-state index in [2.05, 4.69) is 10.4 Å². The maximum atomic E-state index is 12.7. The van der Waals surface area contributed by atoms with Crippen molar-refractivity contribution in [2.75, 3.05) is 5.32 Å². The third kappa shape index (κ3) is 5.14. The average Bonchev–Trinajstić information content (AvgIpc) is 2.98. The van der Waals surface area contributed by atoms with Crippen LogP contribution in [-0.2, 0) is 16.1 Å². The van der Waals surface area contributed by atoms with Gasteiger partial charge in [-0.25, -0.2) is 9.48 Å². The molecule has 1 heterocycles. The number of halogens is 3. The van der Waals surface area contributed by atoms with E-state index in [-0.39, 0.29) is 10.7 Å². The molecule has 30 heavy (non-hydrogen) atoms. The van der Waals surface area contributed by atoms with Gasteiger partial charge in [-0.05, 0) is 37.6 Å². The van der Waals surface area contributed by atoms with Gasteiger partial charge in [0, 0.05) is 5.02 Å². The standard InChI is InChI=1S/C21H18Cl3N3O3/c1-12-18(19(24)27(26-12)11-14-6-4-3-5-7-14)21(29)30-13(2)20(28)25-17-10-15(22)8-9-16(17)23/h3-10,13H,11H2,1-2H3,(H,25,28). The molecule has 156 valence electrons. The fourth-order valence-electron chi connectivity index (χ4n) is 2.75. The summed E-state index contributed by atoms with van der Waals surface area (Å²) < 4.78 is 6.81. The minimum Gasteiger partial charge on any atom is -0.449 e. The molecule has 2 aromatic carbocycles. The van der Waals surface area contributed by atoms with E-state index in [1.807, 2.05) is 30.3 Å². The number of nitrogens with zero attached hydrogens (tertiary/aromatic N) is 2. The molecule has 0 spiro atoms. The Morgan fingerprint density at radius 1 is 1.13 bits per heavy atom. The van der Waals surface area contributed by atoms with Crippen LogP contribution in [0.4, 0.5) is 5.69 Å². The molecule has 3 aromatic rings. The van der Waals surface area contributed by atoms with Crippen LogP contribution in [0.5, 0.6) is 0 Å². The molecule has 9 heteroatoms. The molecule has 0 aliphatic carbocycles. The van der Waals surface area contributed by atoms with Crippen molar-refractivity contribution in [3.63, 3.8) is 0 Å². The van der Waals surface area contributed by atoms with Gasteiger partial charge in [0.2, 0.25) is 0 Å². The number of benzene rings is 2. The van der Waals surface area contributed by atoms with Gasteiger partial charge in [0.15, 0.2) is 6.10 Å². The van der Waals surface area contributed by atoms with Gasteiger partial charge < -0.3 is 10.1 Å². The summed E-state index contributed by atoms with van der Waals surface area (Å²) in [7, 11) is 0. The van der Waals surface area contributed by atoms with Crippen LogP contribution in [0.25, 0.3) is 0 Å². The van der Waals surface area contributed by atoms with Gasteiger partial charge in [-0.3, -0.25) is 4.79 Å². The topological polar surface area (TPSA) is 73.2 Å². The molecule has 6 nitrogen and oxygen atoms in total. The number of anilines is 1. The Morgan fingerprint density at radius 2 is 1.83 bits per heavy atom. The van der Waals surface area contributed by atoms with E-state index in [0.29, 0.717) is 28.0 Å². The molecule has 0 saturated heterocycles. The molecule has 1 aromatic heterocycles. The van der Waals surface area contributed by atoms with Crippen molar-refractivity contribution in [2.45, 2.75) is 26.5 Å². The van der Waals surface area contributed by atoms with Gasteiger partial charge in [-0.1, -0.05) is 65.1 Å². The van der Waals surface area contributed by atoms with Gasteiger partial charge in [0.1, 0.15) is 10.7 Å². The van der Waals surface area contributed by atoms with Gasteiger partial charge >= 0.3 is 5.97 Å².